The van der Waals surface area contributed by atoms with Crippen molar-refractivity contribution in [2.75, 3.05) is 0 Å². The molecule has 0 fully saturated rings. The van der Waals surface area contributed by atoms with Gasteiger partial charge in [-0.15, -0.1) is 0 Å². The van der Waals surface area contributed by atoms with Crippen LogP contribution in [0.15, 0.2) is 48.3 Å². The molecule has 1 aromatic heterocycles. The lowest BCUT2D eigenvalue weighted by Gasteiger charge is -2.23. The molecule has 2 heteroatoms. The largest absolute Gasteiger partial charge is 0.484 e. The Balaban J connectivity index is 2.06. The summed E-state index contributed by atoms with van der Waals surface area (Å²) in [6.07, 6.45) is 10.0. The average molecular weight is 201 g/mol. The molecule has 0 aromatic carbocycles. The van der Waals surface area contributed by atoms with Crippen LogP contribution in [0.5, 0.6) is 5.75 Å². The molecule has 78 valence electrons. The first kappa shape index (κ1) is 9.97. The molecule has 15 heavy (non-hydrogen) atoms. The molecule has 1 aliphatic rings. The van der Waals surface area contributed by atoms with E-state index in [4.69, 9.17) is 4.74 Å². The Hall–Kier alpha value is -1.57. The fourth-order valence-corrected chi connectivity index (χ4v) is 1.71. The van der Waals surface area contributed by atoms with Gasteiger partial charge in [-0.25, -0.2) is 0 Å². The lowest BCUT2D eigenvalue weighted by Crippen LogP contribution is -2.23. The third kappa shape index (κ3) is 2.46. The lowest BCUT2D eigenvalue weighted by molar-refractivity contribution is 0.208. The fraction of sp³-hybridized carbons (Fsp3) is 0.308. The monoisotopic (exact) mass is 201 g/mol. The molecule has 0 saturated heterocycles. The van der Waals surface area contributed by atoms with Crippen LogP contribution in [0.4, 0.5) is 0 Å². The molecule has 1 heterocycles. The average Bonchev–Trinajstić information content (AvgIpc) is 2.24. The quantitative estimate of drug-likeness (QED) is 0.733. The second-order valence-corrected chi connectivity index (χ2v) is 3.90. The van der Waals surface area contributed by atoms with Gasteiger partial charge in [0.05, 0.1) is 6.20 Å². The van der Waals surface area contributed by atoms with E-state index in [0.29, 0.717) is 5.92 Å². The highest BCUT2D eigenvalue weighted by Crippen LogP contribution is 2.21. The van der Waals surface area contributed by atoms with Crippen molar-refractivity contribution in [3.8, 4) is 5.75 Å². The van der Waals surface area contributed by atoms with Crippen LogP contribution in [-0.4, -0.2) is 11.1 Å². The number of hydrogen-bond donors (Lipinski definition) is 0. The Morgan fingerprint density at radius 2 is 2.27 bits per heavy atom. The van der Waals surface area contributed by atoms with Crippen molar-refractivity contribution in [3.63, 3.8) is 0 Å². The number of rotatable bonds is 2. The summed E-state index contributed by atoms with van der Waals surface area (Å²) in [5, 5.41) is 0. The Morgan fingerprint density at radius 3 is 2.93 bits per heavy atom. The van der Waals surface area contributed by atoms with Gasteiger partial charge in [0.25, 0.3) is 0 Å². The van der Waals surface area contributed by atoms with Crippen LogP contribution in [0.1, 0.15) is 13.8 Å². The van der Waals surface area contributed by atoms with Crippen LogP contribution >= 0.6 is 0 Å². The number of ether oxygens (including phenoxy) is 1. The molecule has 2 nitrogen and oxygen atoms in total. The van der Waals surface area contributed by atoms with Gasteiger partial charge < -0.3 is 4.74 Å². The number of allylic oxidation sites excluding steroid dienone is 2. The fourth-order valence-electron chi connectivity index (χ4n) is 1.71. The molecule has 0 aliphatic heterocycles. The van der Waals surface area contributed by atoms with Crippen LogP contribution in [0, 0.1) is 5.92 Å². The van der Waals surface area contributed by atoms with Crippen molar-refractivity contribution in [3.05, 3.63) is 48.3 Å². The Labute approximate surface area is 90.3 Å². The molecule has 0 amide bonds. The minimum atomic E-state index is 0.123. The maximum Gasteiger partial charge on any atom is 0.138 e. The number of nitrogens with zero attached hydrogens (tertiary/aromatic N) is 1. The second-order valence-electron chi connectivity index (χ2n) is 3.90. The molecule has 2 atom stereocenters. The zero-order chi connectivity index (χ0) is 10.7. The summed E-state index contributed by atoms with van der Waals surface area (Å²) < 4.78 is 5.82. The molecule has 0 bridgehead atoms. The summed E-state index contributed by atoms with van der Waals surface area (Å²) in [4.78, 5) is 4.03. The second kappa shape index (κ2) is 4.30. The maximum atomic E-state index is 5.82. The van der Waals surface area contributed by atoms with E-state index in [0.717, 1.165) is 5.75 Å². The SMILES string of the molecule is CC1=CC(C)C(Oc2cccnc2)C=C1. The first-order valence-corrected chi connectivity index (χ1v) is 5.19. The van der Waals surface area contributed by atoms with Gasteiger partial charge in [0, 0.05) is 12.1 Å². The van der Waals surface area contributed by atoms with Crippen LogP contribution in [-0.2, 0) is 0 Å². The molecule has 0 saturated carbocycles. The molecule has 0 spiro atoms. The molecule has 1 aliphatic carbocycles. The molecule has 0 radical (unpaired) electrons. The summed E-state index contributed by atoms with van der Waals surface area (Å²) in [6.45, 7) is 4.27. The highest BCUT2D eigenvalue weighted by molar-refractivity contribution is 5.26. The van der Waals surface area contributed by atoms with E-state index in [2.05, 4.69) is 37.1 Å². The Bertz CT molecular complexity index is 381. The lowest BCUT2D eigenvalue weighted by atomic mass is 9.96. The minimum absolute atomic E-state index is 0.123. The summed E-state index contributed by atoms with van der Waals surface area (Å²) in [6, 6.07) is 3.81. The number of aromatic nitrogens is 1. The van der Waals surface area contributed by atoms with E-state index in [1.165, 1.54) is 5.57 Å². The Morgan fingerprint density at radius 1 is 1.40 bits per heavy atom. The van der Waals surface area contributed by atoms with Gasteiger partial charge >= 0.3 is 0 Å². The summed E-state index contributed by atoms with van der Waals surface area (Å²) in [5.74, 6) is 1.24. The van der Waals surface area contributed by atoms with Crippen molar-refractivity contribution in [2.45, 2.75) is 20.0 Å². The molecular weight excluding hydrogens is 186 g/mol. The van der Waals surface area contributed by atoms with Crippen LogP contribution in [0.2, 0.25) is 0 Å². The van der Waals surface area contributed by atoms with Gasteiger partial charge in [0.2, 0.25) is 0 Å². The first-order valence-electron chi connectivity index (χ1n) is 5.19. The molecule has 1 aromatic rings. The first-order chi connectivity index (χ1) is 7.25. The smallest absolute Gasteiger partial charge is 0.138 e. The summed E-state index contributed by atoms with van der Waals surface area (Å²) >= 11 is 0. The van der Waals surface area contributed by atoms with Crippen LogP contribution in [0.3, 0.4) is 0 Å². The number of hydrogen-bond acceptors (Lipinski definition) is 2. The topological polar surface area (TPSA) is 22.1 Å². The van der Waals surface area contributed by atoms with Gasteiger partial charge in [0.15, 0.2) is 0 Å². The van der Waals surface area contributed by atoms with Gasteiger partial charge in [-0.1, -0.05) is 24.6 Å². The van der Waals surface area contributed by atoms with E-state index >= 15 is 0 Å². The minimum Gasteiger partial charge on any atom is -0.484 e. The summed E-state index contributed by atoms with van der Waals surface area (Å²) in [5.41, 5.74) is 1.30. The zero-order valence-corrected chi connectivity index (χ0v) is 9.05. The number of pyridine rings is 1. The highest BCUT2D eigenvalue weighted by Gasteiger charge is 2.17. The Kier molecular flexibility index (Phi) is 2.86. The third-order valence-electron chi connectivity index (χ3n) is 2.50. The van der Waals surface area contributed by atoms with Crippen molar-refractivity contribution in [1.29, 1.82) is 0 Å². The normalized spacial score (nSPS) is 24.8. The molecular formula is C13H15NO. The zero-order valence-electron chi connectivity index (χ0n) is 9.05. The maximum absolute atomic E-state index is 5.82. The van der Waals surface area contributed by atoms with Gasteiger partial charge in [-0.2, -0.15) is 0 Å². The van der Waals surface area contributed by atoms with Crippen LogP contribution < -0.4 is 4.74 Å². The van der Waals surface area contributed by atoms with Crippen LogP contribution in [0.25, 0.3) is 0 Å². The molecule has 2 unspecified atom stereocenters. The van der Waals surface area contributed by atoms with Gasteiger partial charge in [-0.3, -0.25) is 4.98 Å². The third-order valence-corrected chi connectivity index (χ3v) is 2.50. The standard InChI is InChI=1S/C13H15NO/c1-10-5-6-13(11(2)8-10)15-12-4-3-7-14-9-12/h3-9,11,13H,1-2H3. The van der Waals surface area contributed by atoms with E-state index in [-0.39, 0.29) is 6.10 Å². The van der Waals surface area contributed by atoms with Crippen molar-refractivity contribution in [1.82, 2.24) is 4.98 Å². The predicted octanol–water partition coefficient (Wildman–Crippen LogP) is 2.98. The van der Waals surface area contributed by atoms with Gasteiger partial charge in [0.1, 0.15) is 11.9 Å². The van der Waals surface area contributed by atoms with E-state index in [1.807, 2.05) is 12.1 Å². The van der Waals surface area contributed by atoms with Crippen molar-refractivity contribution < 1.29 is 4.74 Å². The molecule has 0 N–H and O–H groups in total. The van der Waals surface area contributed by atoms with E-state index in [9.17, 15) is 0 Å². The highest BCUT2D eigenvalue weighted by atomic mass is 16.5. The van der Waals surface area contributed by atoms with Crippen molar-refractivity contribution >= 4 is 0 Å². The van der Waals surface area contributed by atoms with E-state index < -0.39 is 0 Å². The summed E-state index contributed by atoms with van der Waals surface area (Å²) in [7, 11) is 0. The van der Waals surface area contributed by atoms with E-state index in [1.54, 1.807) is 12.4 Å². The predicted molar refractivity (Wildman–Crippen MR) is 60.7 cm³/mol. The molecule has 2 rings (SSSR count). The van der Waals surface area contributed by atoms with Crippen molar-refractivity contribution in [2.24, 2.45) is 5.92 Å². The van der Waals surface area contributed by atoms with Gasteiger partial charge in [-0.05, 0) is 25.1 Å².